The summed E-state index contributed by atoms with van der Waals surface area (Å²) >= 11 is 0. The third-order valence-corrected chi connectivity index (χ3v) is 11.7. The first-order valence-corrected chi connectivity index (χ1v) is 17.7. The summed E-state index contributed by atoms with van der Waals surface area (Å²) in [5, 5.41) is 7.38. The summed E-state index contributed by atoms with van der Waals surface area (Å²) in [5.41, 5.74) is -3.13. The second-order valence-electron chi connectivity index (χ2n) is 13.8. The van der Waals surface area contributed by atoms with Crippen molar-refractivity contribution >= 4 is 20.9 Å². The van der Waals surface area contributed by atoms with Crippen molar-refractivity contribution in [3.05, 3.63) is 106 Å². The molecular weight excluding hydrogens is 679 g/mol. The van der Waals surface area contributed by atoms with Crippen LogP contribution in [0, 0.1) is 12.8 Å². The predicted octanol–water partition coefficient (Wildman–Crippen LogP) is 6.43. The quantitative estimate of drug-likeness (QED) is 0.181. The molecule has 2 aromatic carbocycles. The van der Waals surface area contributed by atoms with Crippen molar-refractivity contribution in [1.82, 2.24) is 28.2 Å². The van der Waals surface area contributed by atoms with Gasteiger partial charge in [0.2, 0.25) is 0 Å². The van der Waals surface area contributed by atoms with E-state index in [-0.39, 0.29) is 28.6 Å². The van der Waals surface area contributed by atoms with Crippen LogP contribution in [0.5, 0.6) is 0 Å². The van der Waals surface area contributed by atoms with Gasteiger partial charge >= 0.3 is 6.18 Å². The highest BCUT2D eigenvalue weighted by atomic mass is 32.2. The fraction of sp³-hybridized carbons (Fsp3) is 0.400. The molecule has 5 aromatic rings. The zero-order valence-corrected chi connectivity index (χ0v) is 28.4. The molecule has 0 bridgehead atoms. The Kier molecular flexibility index (Phi) is 8.09. The largest absolute Gasteiger partial charge is 0.418 e. The molecule has 264 valence electrons. The van der Waals surface area contributed by atoms with Crippen molar-refractivity contribution in [2.75, 3.05) is 13.1 Å². The van der Waals surface area contributed by atoms with Crippen molar-refractivity contribution in [1.29, 1.82) is 0 Å². The van der Waals surface area contributed by atoms with E-state index in [0.717, 1.165) is 33.0 Å². The van der Waals surface area contributed by atoms with Crippen LogP contribution in [0.25, 0.3) is 16.6 Å². The minimum atomic E-state index is -4.99. The van der Waals surface area contributed by atoms with E-state index in [4.69, 9.17) is 0 Å². The molecule has 0 unspecified atom stereocenters. The second-order valence-corrected chi connectivity index (χ2v) is 15.6. The minimum absolute atomic E-state index is 0.00473. The maximum absolute atomic E-state index is 14.9. The predicted molar refractivity (Wildman–Crippen MR) is 176 cm³/mol. The summed E-state index contributed by atoms with van der Waals surface area (Å²) < 4.78 is 106. The number of hydrogen-bond acceptors (Lipinski definition) is 6. The summed E-state index contributed by atoms with van der Waals surface area (Å²) in [6.07, 6.45) is -2.39. The number of nitrogens with zero attached hydrogens (tertiary/aromatic N) is 6. The molecule has 1 saturated carbocycles. The van der Waals surface area contributed by atoms with Gasteiger partial charge in [0.25, 0.3) is 21.5 Å². The van der Waals surface area contributed by atoms with Gasteiger partial charge in [-0.2, -0.15) is 13.2 Å². The molecule has 0 amide bonds. The number of alkyl halides is 5. The molecule has 1 aliphatic carbocycles. The van der Waals surface area contributed by atoms with Crippen LogP contribution in [0.1, 0.15) is 60.8 Å². The number of fused-ring (bicyclic) bond motifs is 1. The zero-order valence-electron chi connectivity index (χ0n) is 27.6. The first-order chi connectivity index (χ1) is 23.5. The molecule has 4 heterocycles. The third kappa shape index (κ3) is 5.73. The lowest BCUT2D eigenvalue weighted by atomic mass is 9.61. The molecule has 2 fully saturated rings. The standard InChI is InChI=1S/C35H35F5N6O3S/c1-22-9-11-27(12-10-22)50(48,49)46-26(17-44-13-5-6-23(2)16-44)15-28-29(35(38,39)40)18-45(31(47)30(28)46)25-8-4-7-24(14-25)33(19-34(36,37)20-33)32-42-41-21-43(32)3/h4,7-12,14-15,18,21,23H,5-6,13,16-17,19-20H2,1-3H3/t23-/m0/s1. The lowest BCUT2D eigenvalue weighted by molar-refractivity contribution is -0.136. The first-order valence-electron chi connectivity index (χ1n) is 16.3. The van der Waals surface area contributed by atoms with Gasteiger partial charge in [-0.1, -0.05) is 36.8 Å². The Hall–Kier alpha value is -4.37. The summed E-state index contributed by atoms with van der Waals surface area (Å²) in [7, 11) is -2.98. The molecule has 1 atom stereocenters. The minimum Gasteiger partial charge on any atom is -0.320 e. The highest BCUT2D eigenvalue weighted by molar-refractivity contribution is 7.90. The second kappa shape index (κ2) is 11.9. The fourth-order valence-electron chi connectivity index (χ4n) is 7.59. The van der Waals surface area contributed by atoms with Crippen LogP contribution in [0.15, 0.2) is 76.8 Å². The van der Waals surface area contributed by atoms with Gasteiger partial charge in [0, 0.05) is 55.9 Å². The Morgan fingerprint density at radius 3 is 2.38 bits per heavy atom. The van der Waals surface area contributed by atoms with Crippen molar-refractivity contribution in [3.8, 4) is 5.69 Å². The number of halogens is 5. The number of hydrogen-bond donors (Lipinski definition) is 0. The summed E-state index contributed by atoms with van der Waals surface area (Å²) in [5.74, 6) is -2.48. The molecule has 1 saturated heterocycles. The summed E-state index contributed by atoms with van der Waals surface area (Å²) in [6, 6.07) is 12.8. The van der Waals surface area contributed by atoms with Gasteiger partial charge in [0.15, 0.2) is 0 Å². The molecular formula is C35H35F5N6O3S. The molecule has 0 radical (unpaired) electrons. The molecule has 9 nitrogen and oxygen atoms in total. The van der Waals surface area contributed by atoms with Crippen LogP contribution >= 0.6 is 0 Å². The Bertz CT molecular complexity index is 2270. The highest BCUT2D eigenvalue weighted by Crippen LogP contribution is 2.56. The molecule has 2 aliphatic rings. The highest BCUT2D eigenvalue weighted by Gasteiger charge is 2.60. The van der Waals surface area contributed by atoms with Crippen LogP contribution in [-0.2, 0) is 35.2 Å². The van der Waals surface area contributed by atoms with E-state index in [2.05, 4.69) is 17.1 Å². The molecule has 0 N–H and O–H groups in total. The van der Waals surface area contributed by atoms with Gasteiger partial charge in [-0.3, -0.25) is 14.3 Å². The van der Waals surface area contributed by atoms with Crippen molar-refractivity contribution in [3.63, 3.8) is 0 Å². The Morgan fingerprint density at radius 1 is 1.04 bits per heavy atom. The topological polar surface area (TPSA) is 95.0 Å². The lowest BCUT2D eigenvalue weighted by Gasteiger charge is -2.46. The van der Waals surface area contributed by atoms with Gasteiger partial charge in [-0.15, -0.1) is 10.2 Å². The van der Waals surface area contributed by atoms with Gasteiger partial charge in [-0.05, 0) is 68.1 Å². The average molecular weight is 715 g/mol. The van der Waals surface area contributed by atoms with Crippen LogP contribution in [0.4, 0.5) is 22.0 Å². The van der Waals surface area contributed by atoms with E-state index in [1.165, 1.54) is 41.2 Å². The van der Waals surface area contributed by atoms with E-state index in [0.29, 0.717) is 30.8 Å². The average Bonchev–Trinajstić information content (AvgIpc) is 3.64. The van der Waals surface area contributed by atoms with Gasteiger partial charge < -0.3 is 4.57 Å². The van der Waals surface area contributed by atoms with Crippen molar-refractivity contribution in [2.45, 2.75) is 68.5 Å². The Balaban J connectivity index is 1.48. The number of rotatable bonds is 7. The van der Waals surface area contributed by atoms with Crippen molar-refractivity contribution in [2.24, 2.45) is 13.0 Å². The Morgan fingerprint density at radius 2 is 1.76 bits per heavy atom. The van der Waals surface area contributed by atoms with Gasteiger partial charge in [-0.25, -0.2) is 21.2 Å². The number of piperidine rings is 1. The molecule has 7 rings (SSSR count). The third-order valence-electron chi connectivity index (χ3n) is 9.93. The number of likely N-dealkylation sites (tertiary alicyclic amines) is 1. The summed E-state index contributed by atoms with van der Waals surface area (Å²) in [4.78, 5) is 16.3. The number of aryl methyl sites for hydroxylation is 2. The normalized spacial score (nSPS) is 19.5. The van der Waals surface area contributed by atoms with Gasteiger partial charge in [0.1, 0.15) is 17.7 Å². The molecule has 15 heteroatoms. The molecule has 0 spiro atoms. The van der Waals surface area contributed by atoms with Gasteiger partial charge in [0.05, 0.1) is 15.9 Å². The summed E-state index contributed by atoms with van der Waals surface area (Å²) in [6.45, 7) is 5.06. The van der Waals surface area contributed by atoms with E-state index in [1.807, 2.05) is 4.90 Å². The van der Waals surface area contributed by atoms with Crippen LogP contribution in [0.3, 0.4) is 0 Å². The van der Waals surface area contributed by atoms with E-state index in [1.54, 1.807) is 32.2 Å². The zero-order chi connectivity index (χ0) is 35.8. The molecule has 1 aliphatic heterocycles. The smallest absolute Gasteiger partial charge is 0.320 e. The van der Waals surface area contributed by atoms with Crippen molar-refractivity contribution < 1.29 is 30.4 Å². The Labute approximate surface area is 285 Å². The van der Waals surface area contributed by atoms with E-state index in [9.17, 15) is 35.2 Å². The maximum Gasteiger partial charge on any atom is 0.418 e. The maximum atomic E-state index is 14.9. The fourth-order valence-corrected chi connectivity index (χ4v) is 9.12. The molecule has 50 heavy (non-hydrogen) atoms. The van der Waals surface area contributed by atoms with E-state index >= 15 is 0 Å². The SMILES string of the molecule is Cc1ccc(S(=O)(=O)n2c(CN3CCC[C@H](C)C3)cc3c(C(F)(F)F)cn(-c4cccc(C5(c6nncn6C)CC(F)(F)C5)c4)c(=O)c32)cc1. The first kappa shape index (κ1) is 34.1. The monoisotopic (exact) mass is 714 g/mol. The number of benzene rings is 2. The van der Waals surface area contributed by atoms with Crippen LogP contribution in [0.2, 0.25) is 0 Å². The van der Waals surface area contributed by atoms with Crippen LogP contribution in [-0.4, -0.2) is 55.6 Å². The number of aromatic nitrogens is 5. The molecule has 3 aromatic heterocycles. The lowest BCUT2D eigenvalue weighted by Crippen LogP contribution is -2.51. The van der Waals surface area contributed by atoms with E-state index < -0.39 is 62.4 Å². The number of pyridine rings is 1. The van der Waals surface area contributed by atoms with Crippen LogP contribution < -0.4 is 5.56 Å².